The molecule has 12 heteroatoms. The van der Waals surface area contributed by atoms with Crippen LogP contribution in [-0.2, 0) is 72.6 Å². The van der Waals surface area contributed by atoms with Crippen molar-refractivity contribution in [2.75, 3.05) is 33.4 Å². The lowest BCUT2D eigenvalue weighted by Gasteiger charge is -2.55. The third-order valence-electron chi connectivity index (χ3n) is 15.1. The van der Waals surface area contributed by atoms with Crippen LogP contribution in [0.5, 0.6) is 11.5 Å². The minimum Gasteiger partial charge on any atom is -0.507 e. The average Bonchev–Trinajstić information content (AvgIpc) is 3.21. The first-order valence-corrected chi connectivity index (χ1v) is 27.3. The molecule has 0 spiro atoms. The molecular weight excluding hydrogens is 933 g/mol. The lowest BCUT2D eigenvalue weighted by molar-refractivity contribution is -0.163. The number of carbonyl (C=O) groups is 4. The summed E-state index contributed by atoms with van der Waals surface area (Å²) < 4.78 is 22.7. The SMILES string of the molecule is CC(C)(C)c1cc(CCC(=O)OCCN2C(C)(C)CC(OC(=O)CCc3cc(C(C)(C)C)c(O)c(C(C)(C)C)c3)CC2(C)C)cc(C(C)(C)C)c1O.COC1CC(C)(C)N(CCOC(=O)CCC(C)=O)C(C)(C)C1. The number of phenolic OH excluding ortho intramolecular Hbond substituents is 2. The molecule has 2 aliphatic rings. The molecule has 2 aromatic rings. The number of likely N-dealkylation sites (tertiary alicyclic amines) is 2. The summed E-state index contributed by atoms with van der Waals surface area (Å²) in [7, 11) is 1.77. The molecule has 0 bridgehead atoms. The minimum absolute atomic E-state index is 0.00574. The fourth-order valence-electron chi connectivity index (χ4n) is 11.5. The van der Waals surface area contributed by atoms with Gasteiger partial charge >= 0.3 is 17.9 Å². The third-order valence-corrected chi connectivity index (χ3v) is 15.1. The molecular formula is C62H102N2O10. The van der Waals surface area contributed by atoms with Gasteiger partial charge in [0, 0.05) is 74.5 Å². The summed E-state index contributed by atoms with van der Waals surface area (Å²) in [5.74, 6) is -0.0395. The molecule has 2 aliphatic heterocycles. The van der Waals surface area contributed by atoms with E-state index in [0.717, 1.165) is 46.2 Å². The van der Waals surface area contributed by atoms with E-state index < -0.39 is 0 Å². The summed E-state index contributed by atoms with van der Waals surface area (Å²) in [6.45, 7) is 46.0. The molecule has 0 unspecified atom stereocenters. The number of phenols is 2. The summed E-state index contributed by atoms with van der Waals surface area (Å²) in [5.41, 5.74) is 4.14. The van der Waals surface area contributed by atoms with Crippen LogP contribution in [0.2, 0.25) is 0 Å². The molecule has 0 radical (unpaired) electrons. The number of Topliss-reactive ketones (excluding diaryl/α,β-unsaturated/α-hetero) is 1. The van der Waals surface area contributed by atoms with Gasteiger partial charge in [-0.1, -0.05) is 107 Å². The number of rotatable bonds is 17. The van der Waals surface area contributed by atoms with Crippen LogP contribution in [0.1, 0.15) is 230 Å². The van der Waals surface area contributed by atoms with Gasteiger partial charge in [0.2, 0.25) is 0 Å². The van der Waals surface area contributed by atoms with Crippen molar-refractivity contribution in [3.8, 4) is 11.5 Å². The van der Waals surface area contributed by atoms with Crippen LogP contribution in [0.15, 0.2) is 24.3 Å². The predicted octanol–water partition coefficient (Wildman–Crippen LogP) is 12.5. The highest BCUT2D eigenvalue weighted by molar-refractivity contribution is 5.81. The highest BCUT2D eigenvalue weighted by Gasteiger charge is 2.47. The number of piperidine rings is 2. The second kappa shape index (κ2) is 24.6. The van der Waals surface area contributed by atoms with Crippen LogP contribution in [0.4, 0.5) is 0 Å². The van der Waals surface area contributed by atoms with Gasteiger partial charge in [-0.25, -0.2) is 0 Å². The topological polar surface area (TPSA) is 152 Å². The van der Waals surface area contributed by atoms with Crippen LogP contribution in [0, 0.1) is 0 Å². The Hall–Kier alpha value is -4.00. The standard InChI is InChI=1S/C45H71NO6.C17H31NO4/c1-40(2,3)32-23-29(24-33(38(32)49)41(4,5)6)17-19-36(47)51-22-21-46-44(13,14)27-31(28-45(46,15)16)52-37(48)20-18-30-25-34(42(7,8)9)39(50)35(26-30)43(10,11)12;1-13(19)7-8-15(20)22-10-9-18-16(2,3)11-14(21-6)12-17(18,4)5/h23-26,31,49-50H,17-22,27-28H2,1-16H3;14H,7-12H2,1-6H3. The maximum Gasteiger partial charge on any atom is 0.306 e. The Morgan fingerprint density at radius 1 is 0.500 bits per heavy atom. The smallest absolute Gasteiger partial charge is 0.306 e. The molecule has 2 heterocycles. The zero-order chi connectivity index (χ0) is 56.8. The van der Waals surface area contributed by atoms with E-state index in [-0.39, 0.29) is 112 Å². The number of nitrogens with zero attached hydrogens (tertiary/aromatic N) is 2. The first-order valence-electron chi connectivity index (χ1n) is 27.3. The second-order valence-corrected chi connectivity index (χ2v) is 28.1. The first kappa shape index (κ1) is 64.3. The number of hydrogen-bond acceptors (Lipinski definition) is 12. The van der Waals surface area contributed by atoms with Crippen LogP contribution < -0.4 is 0 Å². The van der Waals surface area contributed by atoms with Gasteiger partial charge in [-0.05, 0) is 143 Å². The van der Waals surface area contributed by atoms with E-state index >= 15 is 0 Å². The number of aromatic hydroxyl groups is 2. The van der Waals surface area contributed by atoms with Crippen molar-refractivity contribution in [1.29, 1.82) is 0 Å². The number of benzene rings is 2. The fourth-order valence-corrected chi connectivity index (χ4v) is 11.5. The Kier molecular flexibility index (Phi) is 21.3. The molecule has 0 saturated carbocycles. The van der Waals surface area contributed by atoms with Crippen molar-refractivity contribution >= 4 is 23.7 Å². The monoisotopic (exact) mass is 1030 g/mol. The Labute approximate surface area is 448 Å². The number of hydrogen-bond donors (Lipinski definition) is 2. The summed E-state index contributed by atoms with van der Waals surface area (Å²) in [6.07, 6.45) is 5.41. The van der Waals surface area contributed by atoms with Crippen molar-refractivity contribution < 1.29 is 48.3 Å². The molecule has 2 aromatic carbocycles. The van der Waals surface area contributed by atoms with Gasteiger partial charge in [0.15, 0.2) is 0 Å². The molecule has 12 nitrogen and oxygen atoms in total. The summed E-state index contributed by atoms with van der Waals surface area (Å²) in [5, 5.41) is 22.1. The van der Waals surface area contributed by atoms with Crippen molar-refractivity contribution in [2.24, 2.45) is 0 Å². The molecule has 0 aromatic heterocycles. The van der Waals surface area contributed by atoms with E-state index in [9.17, 15) is 29.4 Å². The van der Waals surface area contributed by atoms with Crippen molar-refractivity contribution in [3.05, 3.63) is 57.6 Å². The van der Waals surface area contributed by atoms with Gasteiger partial charge in [0.05, 0.1) is 12.5 Å². The Morgan fingerprint density at radius 3 is 1.09 bits per heavy atom. The lowest BCUT2D eigenvalue weighted by atomic mass is 9.78. The summed E-state index contributed by atoms with van der Waals surface area (Å²) >= 11 is 0. The van der Waals surface area contributed by atoms with Crippen molar-refractivity contribution in [1.82, 2.24) is 9.80 Å². The molecule has 2 fully saturated rings. The minimum atomic E-state index is -0.294. The molecule has 4 rings (SSSR count). The largest absolute Gasteiger partial charge is 0.507 e. The van der Waals surface area contributed by atoms with Crippen molar-refractivity contribution in [2.45, 2.75) is 266 Å². The molecule has 420 valence electrons. The Morgan fingerprint density at radius 2 is 0.797 bits per heavy atom. The van der Waals surface area contributed by atoms with E-state index in [1.54, 1.807) is 7.11 Å². The maximum atomic E-state index is 13.2. The molecule has 0 aliphatic carbocycles. The zero-order valence-corrected chi connectivity index (χ0v) is 50.4. The van der Waals surface area contributed by atoms with E-state index in [1.807, 2.05) is 24.3 Å². The van der Waals surface area contributed by atoms with Crippen LogP contribution in [0.25, 0.3) is 0 Å². The van der Waals surface area contributed by atoms with Gasteiger partial charge < -0.3 is 34.0 Å². The zero-order valence-electron chi connectivity index (χ0n) is 50.4. The average molecular weight is 1040 g/mol. The van der Waals surface area contributed by atoms with Gasteiger partial charge in [-0.2, -0.15) is 0 Å². The first-order chi connectivity index (χ1) is 33.5. The van der Waals surface area contributed by atoms with Gasteiger partial charge in [0.1, 0.15) is 36.6 Å². The van der Waals surface area contributed by atoms with Gasteiger partial charge in [-0.15, -0.1) is 0 Å². The molecule has 2 saturated heterocycles. The number of esters is 3. The van der Waals surface area contributed by atoms with E-state index in [1.165, 1.54) is 6.92 Å². The van der Waals surface area contributed by atoms with Gasteiger partial charge in [0.25, 0.3) is 0 Å². The van der Waals surface area contributed by atoms with Crippen LogP contribution in [0.3, 0.4) is 0 Å². The number of aryl methyl sites for hydroxylation is 2. The molecule has 2 N–H and O–H groups in total. The third kappa shape index (κ3) is 18.3. The highest BCUT2D eigenvalue weighted by atomic mass is 16.5. The number of carbonyl (C=O) groups excluding carboxylic acids is 4. The molecule has 0 amide bonds. The van der Waals surface area contributed by atoms with Crippen molar-refractivity contribution in [3.63, 3.8) is 0 Å². The summed E-state index contributed by atoms with van der Waals surface area (Å²) in [6, 6.07) is 8.13. The quantitative estimate of drug-likeness (QED) is 0.115. The number of ether oxygens (including phenoxy) is 4. The maximum absolute atomic E-state index is 13.2. The Bertz CT molecular complexity index is 2140. The number of methoxy groups -OCH3 is 1. The normalized spacial score (nSPS) is 18.5. The molecule has 0 atom stereocenters. The Balaban J connectivity index is 0.000000547. The van der Waals surface area contributed by atoms with E-state index in [0.29, 0.717) is 56.9 Å². The molecule has 74 heavy (non-hydrogen) atoms. The number of ketones is 1. The second-order valence-electron chi connectivity index (χ2n) is 28.1. The highest BCUT2D eigenvalue weighted by Crippen LogP contribution is 2.43. The van der Waals surface area contributed by atoms with E-state index in [2.05, 4.69) is 148 Å². The predicted molar refractivity (Wildman–Crippen MR) is 298 cm³/mol. The van der Waals surface area contributed by atoms with Gasteiger partial charge in [-0.3, -0.25) is 24.2 Å². The van der Waals surface area contributed by atoms with Crippen LogP contribution >= 0.6 is 0 Å². The fraction of sp³-hybridized carbons (Fsp3) is 0.742. The van der Waals surface area contributed by atoms with Crippen LogP contribution in [-0.4, -0.2) is 111 Å². The van der Waals surface area contributed by atoms with E-state index in [4.69, 9.17) is 18.9 Å². The summed E-state index contributed by atoms with van der Waals surface area (Å²) in [4.78, 5) is 53.4. The lowest BCUT2D eigenvalue weighted by Crippen LogP contribution is -2.63.